The van der Waals surface area contributed by atoms with Crippen molar-refractivity contribution in [3.8, 4) is 17.1 Å². The van der Waals surface area contributed by atoms with Gasteiger partial charge in [0.05, 0.1) is 24.2 Å². The molecule has 0 saturated carbocycles. The summed E-state index contributed by atoms with van der Waals surface area (Å²) in [4.78, 5) is 17.9. The van der Waals surface area contributed by atoms with Crippen molar-refractivity contribution in [2.45, 2.75) is 24.3 Å². The van der Waals surface area contributed by atoms with Gasteiger partial charge in [-0.15, -0.1) is 0 Å². The Morgan fingerprint density at radius 3 is 2.70 bits per heavy atom. The summed E-state index contributed by atoms with van der Waals surface area (Å²) in [6.45, 7) is 0.364. The third kappa shape index (κ3) is 4.05. The Balaban J connectivity index is 1.53. The van der Waals surface area contributed by atoms with Crippen molar-refractivity contribution in [2.24, 2.45) is 0 Å². The van der Waals surface area contributed by atoms with Gasteiger partial charge in [-0.05, 0) is 24.6 Å². The predicted molar refractivity (Wildman–Crippen MR) is 108 cm³/mol. The van der Waals surface area contributed by atoms with E-state index >= 15 is 0 Å². The zero-order valence-electron chi connectivity index (χ0n) is 16.2. The number of ether oxygens (including phenoxy) is 1. The van der Waals surface area contributed by atoms with E-state index in [0.717, 1.165) is 12.0 Å². The van der Waals surface area contributed by atoms with Crippen LogP contribution in [0.25, 0.3) is 11.4 Å². The standard InChI is InChI=1S/C20H20N4O5S/c1-28-17-10-9-15(12-16(17)24-11-5-8-19(24)25)30(26,27)21-13-18-22-20(23-29-18)14-6-3-2-4-7-14/h2-4,6-7,9-10,12,21H,5,8,11,13H2,1H3. The van der Waals surface area contributed by atoms with E-state index in [1.54, 1.807) is 4.90 Å². The summed E-state index contributed by atoms with van der Waals surface area (Å²) in [7, 11) is -2.40. The molecule has 30 heavy (non-hydrogen) atoms. The minimum atomic E-state index is -3.88. The number of sulfonamides is 1. The number of rotatable bonds is 7. The molecular weight excluding hydrogens is 408 g/mol. The molecule has 1 aliphatic rings. The number of methoxy groups -OCH3 is 1. The van der Waals surface area contributed by atoms with Crippen LogP contribution >= 0.6 is 0 Å². The van der Waals surface area contributed by atoms with Crippen molar-refractivity contribution >= 4 is 21.6 Å². The lowest BCUT2D eigenvalue weighted by Crippen LogP contribution is -2.26. The van der Waals surface area contributed by atoms with Crippen LogP contribution in [-0.4, -0.2) is 38.1 Å². The smallest absolute Gasteiger partial charge is 0.242 e. The van der Waals surface area contributed by atoms with Crippen LogP contribution in [0.3, 0.4) is 0 Å². The molecule has 0 atom stereocenters. The summed E-state index contributed by atoms with van der Waals surface area (Å²) in [5.41, 5.74) is 1.21. The van der Waals surface area contributed by atoms with E-state index in [1.807, 2.05) is 30.3 Å². The molecule has 1 fully saturated rings. The molecule has 1 aromatic heterocycles. The van der Waals surface area contributed by atoms with E-state index < -0.39 is 10.0 Å². The van der Waals surface area contributed by atoms with Gasteiger partial charge in [0, 0.05) is 18.5 Å². The van der Waals surface area contributed by atoms with Gasteiger partial charge in [0.2, 0.25) is 27.6 Å². The van der Waals surface area contributed by atoms with Crippen LogP contribution < -0.4 is 14.4 Å². The van der Waals surface area contributed by atoms with E-state index in [2.05, 4.69) is 14.9 Å². The van der Waals surface area contributed by atoms with Crippen molar-refractivity contribution < 1.29 is 22.5 Å². The molecule has 0 spiro atoms. The second kappa shape index (κ2) is 8.25. The van der Waals surface area contributed by atoms with Gasteiger partial charge in [-0.3, -0.25) is 4.79 Å². The number of hydrogen-bond donors (Lipinski definition) is 1. The van der Waals surface area contributed by atoms with Crippen molar-refractivity contribution in [3.05, 3.63) is 54.4 Å². The zero-order chi connectivity index (χ0) is 21.1. The monoisotopic (exact) mass is 428 g/mol. The first-order valence-corrected chi connectivity index (χ1v) is 10.8. The normalized spacial score (nSPS) is 14.3. The van der Waals surface area contributed by atoms with Gasteiger partial charge in [0.25, 0.3) is 0 Å². The average molecular weight is 428 g/mol. The maximum absolute atomic E-state index is 12.8. The number of carbonyl (C=O) groups is 1. The Bertz CT molecular complexity index is 1160. The maximum Gasteiger partial charge on any atom is 0.242 e. The van der Waals surface area contributed by atoms with E-state index in [4.69, 9.17) is 9.26 Å². The van der Waals surface area contributed by atoms with Crippen LogP contribution in [0.5, 0.6) is 5.75 Å². The number of amides is 1. The first-order chi connectivity index (χ1) is 14.5. The molecule has 1 aliphatic heterocycles. The fourth-order valence-corrected chi connectivity index (χ4v) is 4.22. The molecule has 1 saturated heterocycles. The van der Waals surface area contributed by atoms with Crippen LogP contribution in [0.2, 0.25) is 0 Å². The molecule has 0 radical (unpaired) electrons. The van der Waals surface area contributed by atoms with Crippen LogP contribution in [-0.2, 0) is 21.4 Å². The minimum absolute atomic E-state index is 0.0146. The Hall–Kier alpha value is -3.24. The van der Waals surface area contributed by atoms with Crippen LogP contribution in [0.15, 0.2) is 57.9 Å². The number of benzene rings is 2. The lowest BCUT2D eigenvalue weighted by Gasteiger charge is -2.20. The summed E-state index contributed by atoms with van der Waals surface area (Å²) in [6.07, 6.45) is 1.15. The van der Waals surface area contributed by atoms with Crippen molar-refractivity contribution in [1.82, 2.24) is 14.9 Å². The van der Waals surface area contributed by atoms with Crippen molar-refractivity contribution in [1.29, 1.82) is 0 Å². The van der Waals surface area contributed by atoms with Gasteiger partial charge in [0.1, 0.15) is 5.75 Å². The highest BCUT2D eigenvalue weighted by Gasteiger charge is 2.26. The second-order valence-electron chi connectivity index (χ2n) is 6.68. The first-order valence-electron chi connectivity index (χ1n) is 9.34. The van der Waals surface area contributed by atoms with E-state index in [0.29, 0.717) is 30.2 Å². The molecule has 1 amide bonds. The number of aromatic nitrogens is 2. The van der Waals surface area contributed by atoms with Crippen LogP contribution in [0, 0.1) is 0 Å². The molecule has 0 unspecified atom stereocenters. The van der Waals surface area contributed by atoms with Gasteiger partial charge in [-0.25, -0.2) is 13.1 Å². The molecule has 2 heterocycles. The van der Waals surface area contributed by atoms with Gasteiger partial charge in [-0.1, -0.05) is 35.5 Å². The number of nitrogens with one attached hydrogen (secondary N) is 1. The summed E-state index contributed by atoms with van der Waals surface area (Å²) in [5, 5.41) is 3.88. The summed E-state index contributed by atoms with van der Waals surface area (Å²) < 4.78 is 38.5. The third-order valence-electron chi connectivity index (χ3n) is 4.74. The average Bonchev–Trinajstić information content (AvgIpc) is 3.41. The van der Waals surface area contributed by atoms with E-state index in [-0.39, 0.29) is 23.2 Å². The Labute approximate surface area is 173 Å². The van der Waals surface area contributed by atoms with Crippen molar-refractivity contribution in [3.63, 3.8) is 0 Å². The third-order valence-corrected chi connectivity index (χ3v) is 6.14. The largest absolute Gasteiger partial charge is 0.495 e. The van der Waals surface area contributed by atoms with Gasteiger partial charge < -0.3 is 14.2 Å². The quantitative estimate of drug-likeness (QED) is 0.614. The summed E-state index contributed by atoms with van der Waals surface area (Å²) >= 11 is 0. The maximum atomic E-state index is 12.8. The molecule has 4 rings (SSSR count). The lowest BCUT2D eigenvalue weighted by molar-refractivity contribution is -0.117. The molecule has 3 aromatic rings. The lowest BCUT2D eigenvalue weighted by atomic mass is 10.2. The summed E-state index contributed by atoms with van der Waals surface area (Å²) in [5.74, 6) is 0.897. The van der Waals surface area contributed by atoms with Crippen LogP contribution in [0.1, 0.15) is 18.7 Å². The predicted octanol–water partition coefficient (Wildman–Crippen LogP) is 2.35. The van der Waals surface area contributed by atoms with E-state index in [9.17, 15) is 13.2 Å². The number of nitrogens with zero attached hydrogens (tertiary/aromatic N) is 3. The molecular formula is C20H20N4O5S. The highest BCUT2D eigenvalue weighted by atomic mass is 32.2. The Kier molecular flexibility index (Phi) is 5.51. The van der Waals surface area contributed by atoms with Crippen LogP contribution in [0.4, 0.5) is 5.69 Å². The van der Waals surface area contributed by atoms with Crippen molar-refractivity contribution in [2.75, 3.05) is 18.6 Å². The minimum Gasteiger partial charge on any atom is -0.495 e. The fourth-order valence-electron chi connectivity index (χ4n) is 3.22. The fraction of sp³-hybridized carbons (Fsp3) is 0.250. The van der Waals surface area contributed by atoms with E-state index in [1.165, 1.54) is 25.3 Å². The molecule has 9 nitrogen and oxygen atoms in total. The summed E-state index contributed by atoms with van der Waals surface area (Å²) in [6, 6.07) is 13.6. The highest BCUT2D eigenvalue weighted by molar-refractivity contribution is 7.89. The Morgan fingerprint density at radius 1 is 1.20 bits per heavy atom. The molecule has 0 bridgehead atoms. The Morgan fingerprint density at radius 2 is 2.00 bits per heavy atom. The molecule has 2 aromatic carbocycles. The topological polar surface area (TPSA) is 115 Å². The SMILES string of the molecule is COc1ccc(S(=O)(=O)NCc2nc(-c3ccccc3)no2)cc1N1CCCC1=O. The molecule has 0 aliphatic carbocycles. The van der Waals surface area contributed by atoms with Gasteiger partial charge in [0.15, 0.2) is 0 Å². The number of hydrogen-bond acceptors (Lipinski definition) is 7. The molecule has 156 valence electrons. The van der Waals surface area contributed by atoms with Gasteiger partial charge >= 0.3 is 0 Å². The second-order valence-corrected chi connectivity index (χ2v) is 8.45. The molecule has 1 N–H and O–H groups in total. The first kappa shape index (κ1) is 20.0. The number of carbonyl (C=O) groups excluding carboxylic acids is 1. The highest BCUT2D eigenvalue weighted by Crippen LogP contribution is 2.33. The zero-order valence-corrected chi connectivity index (χ0v) is 17.1. The van der Waals surface area contributed by atoms with Gasteiger partial charge in [-0.2, -0.15) is 4.98 Å². The molecule has 10 heteroatoms. The number of anilines is 1.